The Morgan fingerprint density at radius 1 is 0.964 bits per heavy atom. The molecule has 0 radical (unpaired) electrons. The molecule has 0 saturated carbocycles. The van der Waals surface area contributed by atoms with E-state index in [0.29, 0.717) is 28.4 Å². The summed E-state index contributed by atoms with van der Waals surface area (Å²) in [6.45, 7) is 3.47. The van der Waals surface area contributed by atoms with Gasteiger partial charge in [-0.1, -0.05) is 11.6 Å². The second-order valence-corrected chi connectivity index (χ2v) is 7.69. The third-order valence-corrected chi connectivity index (χ3v) is 5.43. The van der Waals surface area contributed by atoms with Crippen LogP contribution in [0.4, 0.5) is 5.69 Å². The monoisotopic (exact) mass is 399 g/mol. The number of hydrogen-bond donors (Lipinski definition) is 2. The van der Waals surface area contributed by atoms with Gasteiger partial charge in [0.2, 0.25) is 0 Å². The maximum Gasteiger partial charge on any atom is 0.279 e. The highest BCUT2D eigenvalue weighted by molar-refractivity contribution is 6.30. The lowest BCUT2D eigenvalue weighted by Crippen LogP contribution is -3.14. The molecule has 6 heteroatoms. The van der Waals surface area contributed by atoms with Crippen LogP contribution in [0.25, 0.3) is 0 Å². The number of quaternary nitrogens is 1. The molecular weight excluding hydrogens is 376 g/mol. The van der Waals surface area contributed by atoms with E-state index in [9.17, 15) is 14.4 Å². The van der Waals surface area contributed by atoms with Gasteiger partial charge in [0.15, 0.2) is 18.1 Å². The van der Waals surface area contributed by atoms with E-state index in [1.165, 1.54) is 11.8 Å². The number of carbonyl (C=O) groups is 3. The fourth-order valence-electron chi connectivity index (χ4n) is 3.54. The van der Waals surface area contributed by atoms with Crippen molar-refractivity contribution in [3.8, 4) is 0 Å². The van der Waals surface area contributed by atoms with Crippen LogP contribution in [0.5, 0.6) is 0 Å². The minimum atomic E-state index is -0.0620. The molecule has 0 spiro atoms. The number of amides is 1. The van der Waals surface area contributed by atoms with Crippen LogP contribution in [-0.2, 0) is 4.79 Å². The lowest BCUT2D eigenvalue weighted by molar-refractivity contribution is -0.897. The summed E-state index contributed by atoms with van der Waals surface area (Å²) in [7, 11) is 0. The summed E-state index contributed by atoms with van der Waals surface area (Å²) in [5.41, 5.74) is 2.00. The molecule has 1 fully saturated rings. The van der Waals surface area contributed by atoms with Crippen molar-refractivity contribution in [2.24, 2.45) is 5.92 Å². The quantitative estimate of drug-likeness (QED) is 0.734. The van der Waals surface area contributed by atoms with Gasteiger partial charge < -0.3 is 10.2 Å². The van der Waals surface area contributed by atoms with Crippen LogP contribution >= 0.6 is 11.6 Å². The van der Waals surface area contributed by atoms with Crippen molar-refractivity contribution in [1.82, 2.24) is 0 Å². The molecule has 0 atom stereocenters. The number of hydrogen-bond acceptors (Lipinski definition) is 3. The third-order valence-electron chi connectivity index (χ3n) is 5.18. The van der Waals surface area contributed by atoms with Crippen LogP contribution in [0.15, 0.2) is 48.5 Å². The highest BCUT2D eigenvalue weighted by Crippen LogP contribution is 2.18. The number of likely N-dealkylation sites (tertiary alicyclic amines) is 1. The maximum absolute atomic E-state index is 12.6. The number of halogens is 1. The Morgan fingerprint density at radius 2 is 1.54 bits per heavy atom. The molecule has 0 aliphatic carbocycles. The largest absolute Gasteiger partial charge is 0.327 e. The van der Waals surface area contributed by atoms with Crippen molar-refractivity contribution in [2.75, 3.05) is 25.0 Å². The van der Waals surface area contributed by atoms with Crippen LogP contribution in [-0.4, -0.2) is 37.1 Å². The molecule has 0 bridgehead atoms. The fourth-order valence-corrected chi connectivity index (χ4v) is 3.66. The number of rotatable bonds is 6. The first kappa shape index (κ1) is 20.2. The predicted molar refractivity (Wildman–Crippen MR) is 109 cm³/mol. The van der Waals surface area contributed by atoms with Gasteiger partial charge >= 0.3 is 0 Å². The van der Waals surface area contributed by atoms with Crippen LogP contribution < -0.4 is 10.2 Å². The second-order valence-electron chi connectivity index (χ2n) is 7.25. The summed E-state index contributed by atoms with van der Waals surface area (Å²) in [4.78, 5) is 37.4. The highest BCUT2D eigenvalue weighted by Gasteiger charge is 2.29. The number of nitrogens with one attached hydrogen (secondary N) is 2. The lowest BCUT2D eigenvalue weighted by Gasteiger charge is -2.28. The number of piperidine rings is 1. The minimum Gasteiger partial charge on any atom is -0.327 e. The average molecular weight is 400 g/mol. The zero-order valence-corrected chi connectivity index (χ0v) is 16.6. The summed E-state index contributed by atoms with van der Waals surface area (Å²) < 4.78 is 0. The van der Waals surface area contributed by atoms with Crippen molar-refractivity contribution in [3.63, 3.8) is 0 Å². The van der Waals surface area contributed by atoms with Crippen LogP contribution in [0.1, 0.15) is 40.5 Å². The Hall–Kier alpha value is -2.50. The zero-order valence-electron chi connectivity index (χ0n) is 15.8. The van der Waals surface area contributed by atoms with Crippen molar-refractivity contribution in [3.05, 3.63) is 64.7 Å². The first-order valence-electron chi connectivity index (χ1n) is 9.46. The maximum atomic E-state index is 12.6. The molecule has 146 valence electrons. The molecule has 1 amide bonds. The zero-order chi connectivity index (χ0) is 20.1. The summed E-state index contributed by atoms with van der Waals surface area (Å²) >= 11 is 5.88. The van der Waals surface area contributed by atoms with E-state index in [1.807, 2.05) is 0 Å². The van der Waals surface area contributed by atoms with E-state index >= 15 is 0 Å². The average Bonchev–Trinajstić information content (AvgIpc) is 2.69. The van der Waals surface area contributed by atoms with E-state index < -0.39 is 0 Å². The van der Waals surface area contributed by atoms with Gasteiger partial charge in [-0.3, -0.25) is 14.4 Å². The molecule has 28 heavy (non-hydrogen) atoms. The molecule has 2 aromatic carbocycles. The van der Waals surface area contributed by atoms with E-state index in [0.717, 1.165) is 25.9 Å². The molecular formula is C22H24ClN2O3+. The highest BCUT2D eigenvalue weighted by atomic mass is 35.5. The van der Waals surface area contributed by atoms with Gasteiger partial charge in [-0.05, 0) is 55.5 Å². The first-order valence-corrected chi connectivity index (χ1v) is 9.84. The van der Waals surface area contributed by atoms with Gasteiger partial charge in [0.1, 0.15) is 0 Å². The van der Waals surface area contributed by atoms with Gasteiger partial charge in [-0.15, -0.1) is 0 Å². The number of carbonyl (C=O) groups excluding carboxylic acids is 3. The Balaban J connectivity index is 1.47. The van der Waals surface area contributed by atoms with Gasteiger partial charge in [-0.25, -0.2) is 0 Å². The standard InChI is InChI=1S/C22H23ClN2O3/c1-15(26)16-4-8-20(9-5-16)24-21(27)14-25-12-10-18(11-13-25)22(28)17-2-6-19(23)7-3-17/h2-9,18H,10-14H2,1H3,(H,24,27)/p+1. The number of ketones is 2. The fraction of sp³-hybridized carbons (Fsp3) is 0.318. The Bertz CT molecular complexity index is 854. The van der Waals surface area contributed by atoms with E-state index in [-0.39, 0.29) is 23.4 Å². The van der Waals surface area contributed by atoms with Gasteiger partial charge in [-0.2, -0.15) is 0 Å². The van der Waals surface area contributed by atoms with E-state index in [4.69, 9.17) is 11.6 Å². The molecule has 1 heterocycles. The van der Waals surface area contributed by atoms with E-state index in [2.05, 4.69) is 5.32 Å². The number of Topliss-reactive ketones (excluding diaryl/α,β-unsaturated/α-hetero) is 2. The molecule has 0 aromatic heterocycles. The minimum absolute atomic E-state index is 0.00154. The summed E-state index contributed by atoms with van der Waals surface area (Å²) in [6, 6.07) is 13.9. The summed E-state index contributed by atoms with van der Waals surface area (Å²) in [6.07, 6.45) is 1.55. The van der Waals surface area contributed by atoms with Crippen molar-refractivity contribution < 1.29 is 19.3 Å². The Kier molecular flexibility index (Phi) is 6.60. The topological polar surface area (TPSA) is 67.7 Å². The summed E-state index contributed by atoms with van der Waals surface area (Å²) in [5.74, 6) is 0.101. The third kappa shape index (κ3) is 5.27. The van der Waals surface area contributed by atoms with Gasteiger partial charge in [0.25, 0.3) is 5.91 Å². The molecule has 1 aliphatic heterocycles. The van der Waals surface area contributed by atoms with E-state index in [1.54, 1.807) is 48.5 Å². The smallest absolute Gasteiger partial charge is 0.279 e. The van der Waals surface area contributed by atoms with Crippen LogP contribution in [0, 0.1) is 5.92 Å². The SMILES string of the molecule is CC(=O)c1ccc(NC(=O)C[NH+]2CCC(C(=O)c3ccc(Cl)cc3)CC2)cc1. The molecule has 2 aromatic rings. The van der Waals surface area contributed by atoms with Crippen molar-refractivity contribution in [2.45, 2.75) is 19.8 Å². The summed E-state index contributed by atoms with van der Waals surface area (Å²) in [5, 5.41) is 3.49. The molecule has 2 N–H and O–H groups in total. The normalized spacial score (nSPS) is 19.1. The van der Waals surface area contributed by atoms with Gasteiger partial charge in [0.05, 0.1) is 13.1 Å². The number of benzene rings is 2. The molecule has 5 nitrogen and oxygen atoms in total. The second kappa shape index (κ2) is 9.13. The van der Waals surface area contributed by atoms with Crippen molar-refractivity contribution in [1.29, 1.82) is 0 Å². The number of anilines is 1. The lowest BCUT2D eigenvalue weighted by atomic mass is 9.89. The molecule has 3 rings (SSSR count). The molecule has 1 saturated heterocycles. The van der Waals surface area contributed by atoms with Crippen LogP contribution in [0.2, 0.25) is 5.02 Å². The van der Waals surface area contributed by atoms with Crippen LogP contribution in [0.3, 0.4) is 0 Å². The first-order chi connectivity index (χ1) is 13.4. The molecule has 1 aliphatic rings. The molecule has 0 unspecified atom stereocenters. The van der Waals surface area contributed by atoms with Gasteiger partial charge in [0, 0.05) is 40.6 Å². The Morgan fingerprint density at radius 3 is 2.11 bits per heavy atom. The predicted octanol–water partition coefficient (Wildman–Crippen LogP) is 2.66. The van der Waals surface area contributed by atoms with Crippen molar-refractivity contribution >= 4 is 34.8 Å². The Labute approximate surface area is 169 Å².